The van der Waals surface area contributed by atoms with Crippen LogP contribution in [0, 0.1) is 12.8 Å². The average Bonchev–Trinajstić information content (AvgIpc) is 2.64. The first-order valence-electron chi connectivity index (χ1n) is 8.56. The van der Waals surface area contributed by atoms with E-state index in [4.69, 9.17) is 23.2 Å². The van der Waals surface area contributed by atoms with Crippen LogP contribution in [0.15, 0.2) is 42.5 Å². The van der Waals surface area contributed by atoms with Crippen LogP contribution in [0.5, 0.6) is 0 Å². The van der Waals surface area contributed by atoms with Crippen molar-refractivity contribution < 1.29 is 9.59 Å². The Morgan fingerprint density at radius 1 is 1.04 bits per heavy atom. The number of nitrogens with one attached hydrogen (secondary N) is 1. The first-order chi connectivity index (χ1) is 12.4. The van der Waals surface area contributed by atoms with E-state index in [2.05, 4.69) is 5.32 Å². The van der Waals surface area contributed by atoms with Gasteiger partial charge in [0.1, 0.15) is 0 Å². The van der Waals surface area contributed by atoms with E-state index >= 15 is 0 Å². The Balaban J connectivity index is 1.56. The van der Waals surface area contributed by atoms with E-state index in [1.807, 2.05) is 36.1 Å². The molecule has 1 heterocycles. The molecule has 26 heavy (non-hydrogen) atoms. The van der Waals surface area contributed by atoms with Gasteiger partial charge >= 0.3 is 0 Å². The van der Waals surface area contributed by atoms with E-state index in [1.165, 1.54) is 0 Å². The summed E-state index contributed by atoms with van der Waals surface area (Å²) in [6, 6.07) is 12.5. The first-order valence-corrected chi connectivity index (χ1v) is 9.31. The van der Waals surface area contributed by atoms with E-state index in [0.717, 1.165) is 5.56 Å². The van der Waals surface area contributed by atoms with Crippen LogP contribution in [0.1, 0.15) is 28.8 Å². The van der Waals surface area contributed by atoms with Crippen LogP contribution in [-0.4, -0.2) is 29.8 Å². The van der Waals surface area contributed by atoms with Crippen LogP contribution in [0.2, 0.25) is 10.0 Å². The summed E-state index contributed by atoms with van der Waals surface area (Å²) in [5.41, 5.74) is 2.36. The van der Waals surface area contributed by atoms with Crippen molar-refractivity contribution in [3.63, 3.8) is 0 Å². The standard InChI is InChI=1S/C20H20Cl2N2O2/c1-13-2-4-15(5-3-13)20(26)24-10-8-14(9-11-24)19(25)23-18-7-6-16(21)12-17(18)22/h2-7,12,14H,8-11H2,1H3,(H,23,25). The lowest BCUT2D eigenvalue weighted by Gasteiger charge is -2.31. The van der Waals surface area contributed by atoms with Crippen molar-refractivity contribution in [1.29, 1.82) is 0 Å². The van der Waals surface area contributed by atoms with E-state index in [9.17, 15) is 9.59 Å². The Labute approximate surface area is 163 Å². The topological polar surface area (TPSA) is 49.4 Å². The molecular weight excluding hydrogens is 371 g/mol. The number of aryl methyl sites for hydroxylation is 1. The quantitative estimate of drug-likeness (QED) is 0.818. The molecule has 2 aromatic rings. The number of halogens is 2. The highest BCUT2D eigenvalue weighted by atomic mass is 35.5. The lowest BCUT2D eigenvalue weighted by atomic mass is 9.95. The van der Waals surface area contributed by atoms with Gasteiger partial charge in [-0.1, -0.05) is 40.9 Å². The van der Waals surface area contributed by atoms with Crippen LogP contribution in [-0.2, 0) is 4.79 Å². The SMILES string of the molecule is Cc1ccc(C(=O)N2CCC(C(=O)Nc3ccc(Cl)cc3Cl)CC2)cc1. The minimum Gasteiger partial charge on any atom is -0.339 e. The lowest BCUT2D eigenvalue weighted by Crippen LogP contribution is -2.41. The zero-order valence-corrected chi connectivity index (χ0v) is 16.0. The smallest absolute Gasteiger partial charge is 0.253 e. The van der Waals surface area contributed by atoms with Gasteiger partial charge in [0.25, 0.3) is 5.91 Å². The van der Waals surface area contributed by atoms with Gasteiger partial charge in [-0.2, -0.15) is 0 Å². The summed E-state index contributed by atoms with van der Waals surface area (Å²) in [5, 5.41) is 3.79. The third kappa shape index (κ3) is 4.37. The van der Waals surface area contributed by atoms with Gasteiger partial charge in [-0.25, -0.2) is 0 Å². The molecule has 2 aromatic carbocycles. The maximum Gasteiger partial charge on any atom is 0.253 e. The monoisotopic (exact) mass is 390 g/mol. The first kappa shape index (κ1) is 18.7. The second-order valence-corrected chi connectivity index (χ2v) is 7.39. The maximum atomic E-state index is 12.6. The molecule has 3 rings (SSSR count). The van der Waals surface area contributed by atoms with Gasteiger partial charge in [0.2, 0.25) is 5.91 Å². The molecule has 0 unspecified atom stereocenters. The Kier molecular flexibility index (Phi) is 5.84. The second-order valence-electron chi connectivity index (χ2n) is 6.55. The summed E-state index contributed by atoms with van der Waals surface area (Å²) in [6.45, 7) is 3.13. The van der Waals surface area contributed by atoms with Crippen molar-refractivity contribution in [1.82, 2.24) is 4.90 Å². The highest BCUT2D eigenvalue weighted by Gasteiger charge is 2.28. The molecule has 136 valence electrons. The predicted molar refractivity (Wildman–Crippen MR) is 105 cm³/mol. The average molecular weight is 391 g/mol. The van der Waals surface area contributed by atoms with Crippen LogP contribution < -0.4 is 5.32 Å². The molecule has 0 atom stereocenters. The molecule has 1 fully saturated rings. The molecule has 0 bridgehead atoms. The van der Waals surface area contributed by atoms with Gasteiger partial charge in [-0.3, -0.25) is 9.59 Å². The number of carbonyl (C=O) groups excluding carboxylic acids is 2. The molecule has 4 nitrogen and oxygen atoms in total. The summed E-state index contributed by atoms with van der Waals surface area (Å²) in [5.74, 6) is -0.190. The fourth-order valence-electron chi connectivity index (χ4n) is 3.05. The van der Waals surface area contributed by atoms with Crippen molar-refractivity contribution in [2.24, 2.45) is 5.92 Å². The molecular formula is C20H20Cl2N2O2. The number of amides is 2. The van der Waals surface area contributed by atoms with Crippen LogP contribution >= 0.6 is 23.2 Å². The highest BCUT2D eigenvalue weighted by Crippen LogP contribution is 2.27. The van der Waals surface area contributed by atoms with Gasteiger partial charge in [0.05, 0.1) is 10.7 Å². The molecule has 6 heteroatoms. The number of anilines is 1. The maximum absolute atomic E-state index is 12.6. The van der Waals surface area contributed by atoms with Crippen LogP contribution in [0.25, 0.3) is 0 Å². The largest absolute Gasteiger partial charge is 0.339 e. The van der Waals surface area contributed by atoms with Gasteiger partial charge in [0, 0.05) is 29.6 Å². The Bertz CT molecular complexity index is 813. The van der Waals surface area contributed by atoms with Crippen LogP contribution in [0.4, 0.5) is 5.69 Å². The normalized spacial score (nSPS) is 15.0. The summed E-state index contributed by atoms with van der Waals surface area (Å²) < 4.78 is 0. The number of likely N-dealkylation sites (tertiary alicyclic amines) is 1. The van der Waals surface area contributed by atoms with Gasteiger partial charge in [-0.15, -0.1) is 0 Å². The van der Waals surface area contributed by atoms with Crippen LogP contribution in [0.3, 0.4) is 0 Å². The van der Waals surface area contributed by atoms with Crippen molar-refractivity contribution in [2.45, 2.75) is 19.8 Å². The Hall–Kier alpha value is -2.04. The molecule has 0 aliphatic carbocycles. The zero-order chi connectivity index (χ0) is 18.7. The number of benzene rings is 2. The number of carbonyl (C=O) groups is 2. The van der Waals surface area contributed by atoms with Crippen molar-refractivity contribution in [3.05, 3.63) is 63.6 Å². The Morgan fingerprint density at radius 3 is 2.31 bits per heavy atom. The van der Waals surface area contributed by atoms with Crippen molar-refractivity contribution in [3.8, 4) is 0 Å². The summed E-state index contributed by atoms with van der Waals surface area (Å²) in [7, 11) is 0. The number of hydrogen-bond acceptors (Lipinski definition) is 2. The van der Waals surface area contributed by atoms with E-state index in [1.54, 1.807) is 18.2 Å². The molecule has 0 radical (unpaired) electrons. The molecule has 1 N–H and O–H groups in total. The summed E-state index contributed by atoms with van der Waals surface area (Å²) >= 11 is 12.0. The molecule has 1 saturated heterocycles. The van der Waals surface area contributed by atoms with Crippen molar-refractivity contribution in [2.75, 3.05) is 18.4 Å². The number of piperidine rings is 1. The third-order valence-electron chi connectivity index (χ3n) is 4.64. The fraction of sp³-hybridized carbons (Fsp3) is 0.300. The summed E-state index contributed by atoms with van der Waals surface area (Å²) in [6.07, 6.45) is 1.27. The minimum atomic E-state index is -0.135. The van der Waals surface area contributed by atoms with Gasteiger partial charge < -0.3 is 10.2 Å². The van der Waals surface area contributed by atoms with E-state index in [0.29, 0.717) is 47.2 Å². The minimum absolute atomic E-state index is 0.0182. The third-order valence-corrected chi connectivity index (χ3v) is 5.19. The molecule has 0 saturated carbocycles. The fourth-order valence-corrected chi connectivity index (χ4v) is 3.50. The highest BCUT2D eigenvalue weighted by molar-refractivity contribution is 6.36. The van der Waals surface area contributed by atoms with Gasteiger partial charge in [0.15, 0.2) is 0 Å². The lowest BCUT2D eigenvalue weighted by molar-refractivity contribution is -0.121. The number of rotatable bonds is 3. The molecule has 0 spiro atoms. The summed E-state index contributed by atoms with van der Waals surface area (Å²) in [4.78, 5) is 26.8. The number of nitrogens with zero attached hydrogens (tertiary/aromatic N) is 1. The second kappa shape index (κ2) is 8.11. The number of hydrogen-bond donors (Lipinski definition) is 1. The van der Waals surface area contributed by atoms with E-state index in [-0.39, 0.29) is 17.7 Å². The van der Waals surface area contributed by atoms with Crippen molar-refractivity contribution >= 4 is 40.7 Å². The van der Waals surface area contributed by atoms with Gasteiger partial charge in [-0.05, 0) is 50.1 Å². The molecule has 0 aromatic heterocycles. The Morgan fingerprint density at radius 2 is 1.69 bits per heavy atom. The molecule has 1 aliphatic rings. The van der Waals surface area contributed by atoms with E-state index < -0.39 is 0 Å². The predicted octanol–water partition coefficient (Wildman–Crippen LogP) is 4.79. The molecule has 2 amide bonds. The molecule has 1 aliphatic heterocycles. The zero-order valence-electron chi connectivity index (χ0n) is 14.5.